The van der Waals surface area contributed by atoms with E-state index in [9.17, 15) is 24.4 Å². The second-order valence-corrected chi connectivity index (χ2v) is 9.78. The summed E-state index contributed by atoms with van der Waals surface area (Å²) in [5.41, 5.74) is 0.799. The fraction of sp³-hybridized carbons (Fsp3) is 0.480. The number of urea groups is 1. The van der Waals surface area contributed by atoms with Crippen LogP contribution >= 0.6 is 0 Å². The number of benzene rings is 1. The molecule has 0 radical (unpaired) electrons. The van der Waals surface area contributed by atoms with Crippen molar-refractivity contribution in [3.8, 4) is 0 Å². The number of hydrogen-bond donors (Lipinski definition) is 6. The molecule has 3 atom stereocenters. The van der Waals surface area contributed by atoms with Crippen LogP contribution in [0.4, 0.5) is 10.6 Å². The van der Waals surface area contributed by atoms with E-state index in [1.54, 1.807) is 0 Å². The van der Waals surface area contributed by atoms with Crippen molar-refractivity contribution in [3.63, 3.8) is 0 Å². The number of hydrogen-bond acceptors (Lipinski definition) is 7. The Morgan fingerprint density at radius 3 is 2.11 bits per heavy atom. The summed E-state index contributed by atoms with van der Waals surface area (Å²) in [6.45, 7) is 7.64. The van der Waals surface area contributed by atoms with Crippen LogP contribution in [0.15, 0.2) is 48.9 Å². The highest BCUT2D eigenvalue weighted by Gasteiger charge is 2.30. The van der Waals surface area contributed by atoms with E-state index in [1.165, 1.54) is 18.6 Å². The first-order chi connectivity index (χ1) is 17.5. The average Bonchev–Trinajstić information content (AvgIpc) is 2.83. The van der Waals surface area contributed by atoms with Crippen LogP contribution in [0.1, 0.15) is 46.1 Å². The quantitative estimate of drug-likeness (QED) is 0.220. The van der Waals surface area contributed by atoms with Gasteiger partial charge in [0.1, 0.15) is 12.1 Å². The van der Waals surface area contributed by atoms with Gasteiger partial charge in [-0.25, -0.2) is 9.78 Å². The zero-order chi connectivity index (χ0) is 27.4. The van der Waals surface area contributed by atoms with E-state index >= 15 is 0 Å². The molecular weight excluding hydrogens is 475 g/mol. The Hall–Kier alpha value is -3.51. The van der Waals surface area contributed by atoms with Crippen molar-refractivity contribution in [3.05, 3.63) is 54.5 Å². The van der Waals surface area contributed by atoms with Crippen molar-refractivity contribution >= 4 is 30.8 Å². The van der Waals surface area contributed by atoms with Gasteiger partial charge in [0.05, 0.1) is 12.1 Å². The molecule has 2 rings (SSSR count). The molecule has 0 aliphatic rings. The maximum atomic E-state index is 13.4. The van der Waals surface area contributed by atoms with Gasteiger partial charge >= 0.3 is 13.1 Å². The van der Waals surface area contributed by atoms with Crippen molar-refractivity contribution in [2.75, 3.05) is 5.32 Å². The fourth-order valence-electron chi connectivity index (χ4n) is 3.74. The molecule has 1 aromatic carbocycles. The Balaban J connectivity index is 2.19. The van der Waals surface area contributed by atoms with Gasteiger partial charge in [0.15, 0.2) is 5.82 Å². The molecule has 37 heavy (non-hydrogen) atoms. The maximum absolute atomic E-state index is 13.4. The van der Waals surface area contributed by atoms with Gasteiger partial charge < -0.3 is 31.3 Å². The molecule has 2 aromatic rings. The summed E-state index contributed by atoms with van der Waals surface area (Å²) >= 11 is 0. The third kappa shape index (κ3) is 11.0. The van der Waals surface area contributed by atoms with Crippen molar-refractivity contribution in [1.82, 2.24) is 25.9 Å². The smallest absolute Gasteiger partial charge is 0.426 e. The first-order valence-corrected chi connectivity index (χ1v) is 12.4. The molecule has 1 aromatic heterocycles. The van der Waals surface area contributed by atoms with Crippen LogP contribution in [-0.2, 0) is 16.0 Å². The number of rotatable bonds is 13. The van der Waals surface area contributed by atoms with Crippen LogP contribution in [0.2, 0.25) is 0 Å². The van der Waals surface area contributed by atoms with E-state index in [0.29, 0.717) is 12.8 Å². The minimum Gasteiger partial charge on any atom is -0.426 e. The second kappa shape index (κ2) is 14.9. The first-order valence-electron chi connectivity index (χ1n) is 12.4. The minimum atomic E-state index is -1.75. The van der Waals surface area contributed by atoms with Gasteiger partial charge in [-0.15, -0.1) is 0 Å². The lowest BCUT2D eigenvalue weighted by Crippen LogP contribution is -2.57. The molecular formula is C25H37BN6O5. The summed E-state index contributed by atoms with van der Waals surface area (Å²) in [4.78, 5) is 47.1. The van der Waals surface area contributed by atoms with E-state index in [2.05, 4.69) is 31.2 Å². The Bertz CT molecular complexity index is 994. The highest BCUT2D eigenvalue weighted by atomic mass is 16.4. The average molecular weight is 512 g/mol. The van der Waals surface area contributed by atoms with E-state index in [4.69, 9.17) is 0 Å². The highest BCUT2D eigenvalue weighted by molar-refractivity contribution is 6.43. The first kappa shape index (κ1) is 29.7. The van der Waals surface area contributed by atoms with E-state index in [0.717, 1.165) is 5.56 Å². The van der Waals surface area contributed by atoms with Crippen molar-refractivity contribution in [2.45, 2.75) is 65.0 Å². The normalized spacial score (nSPS) is 13.4. The summed E-state index contributed by atoms with van der Waals surface area (Å²) in [5, 5.41) is 29.9. The van der Waals surface area contributed by atoms with Gasteiger partial charge in [-0.2, -0.15) is 0 Å². The van der Waals surface area contributed by atoms with E-state index in [1.807, 2.05) is 58.0 Å². The number of amides is 4. The predicted octanol–water partition coefficient (Wildman–Crippen LogP) is 1.28. The Morgan fingerprint density at radius 1 is 0.865 bits per heavy atom. The molecule has 11 nitrogen and oxygen atoms in total. The molecule has 0 aliphatic carbocycles. The zero-order valence-electron chi connectivity index (χ0n) is 21.7. The predicted molar refractivity (Wildman–Crippen MR) is 141 cm³/mol. The molecule has 0 saturated heterocycles. The fourth-order valence-corrected chi connectivity index (χ4v) is 3.74. The molecule has 0 spiro atoms. The van der Waals surface area contributed by atoms with E-state index in [-0.39, 0.29) is 24.1 Å². The molecule has 200 valence electrons. The summed E-state index contributed by atoms with van der Waals surface area (Å²) in [5.74, 6) is -1.47. The van der Waals surface area contributed by atoms with Gasteiger partial charge in [-0.1, -0.05) is 58.0 Å². The third-order valence-electron chi connectivity index (χ3n) is 5.46. The largest absolute Gasteiger partial charge is 0.475 e. The zero-order valence-corrected chi connectivity index (χ0v) is 21.7. The lowest BCUT2D eigenvalue weighted by molar-refractivity contribution is -0.128. The molecule has 0 unspecified atom stereocenters. The van der Waals surface area contributed by atoms with Crippen molar-refractivity contribution in [1.29, 1.82) is 0 Å². The molecule has 4 amide bonds. The molecule has 12 heteroatoms. The lowest BCUT2D eigenvalue weighted by atomic mass is 9.75. The summed E-state index contributed by atoms with van der Waals surface area (Å²) in [6.07, 6.45) is 5.18. The molecule has 0 saturated carbocycles. The van der Waals surface area contributed by atoms with Crippen LogP contribution in [0.25, 0.3) is 0 Å². The number of anilines is 1. The lowest BCUT2D eigenvalue weighted by Gasteiger charge is -2.25. The highest BCUT2D eigenvalue weighted by Crippen LogP contribution is 2.10. The number of carbonyl (C=O) groups excluding carboxylic acids is 3. The third-order valence-corrected chi connectivity index (χ3v) is 5.46. The summed E-state index contributed by atoms with van der Waals surface area (Å²) in [7, 11) is -1.75. The van der Waals surface area contributed by atoms with Crippen LogP contribution in [0.5, 0.6) is 0 Å². The van der Waals surface area contributed by atoms with Gasteiger partial charge in [-0.05, 0) is 30.2 Å². The number of nitrogens with one attached hydrogen (secondary N) is 4. The SMILES string of the molecule is CC(C)C[C@H](NC(=O)N[C@@H](Cc1ccccc1)C(=O)N[C@@H](CC(C)C)C(=O)Nc1cnccn1)B(O)O. The Morgan fingerprint density at radius 2 is 1.54 bits per heavy atom. The second-order valence-electron chi connectivity index (χ2n) is 9.78. The van der Waals surface area contributed by atoms with Gasteiger partial charge in [0.2, 0.25) is 11.8 Å². The molecule has 1 heterocycles. The molecule has 0 aliphatic heterocycles. The monoisotopic (exact) mass is 512 g/mol. The van der Waals surface area contributed by atoms with E-state index < -0.39 is 43.0 Å². The topological polar surface area (TPSA) is 166 Å². The van der Waals surface area contributed by atoms with Crippen LogP contribution in [0.3, 0.4) is 0 Å². The number of nitrogens with zero attached hydrogens (tertiary/aromatic N) is 2. The van der Waals surface area contributed by atoms with Gasteiger partial charge in [0.25, 0.3) is 0 Å². The summed E-state index contributed by atoms with van der Waals surface area (Å²) in [6, 6.07) is 6.49. The van der Waals surface area contributed by atoms with Gasteiger partial charge in [0, 0.05) is 18.8 Å². The maximum Gasteiger partial charge on any atom is 0.475 e. The Kier molecular flexibility index (Phi) is 12.0. The number of aromatic nitrogens is 2. The number of carbonyl (C=O) groups is 3. The molecule has 0 bridgehead atoms. The van der Waals surface area contributed by atoms with Crippen LogP contribution < -0.4 is 21.3 Å². The Labute approximate surface area is 218 Å². The van der Waals surface area contributed by atoms with Crippen molar-refractivity contribution in [2.24, 2.45) is 11.8 Å². The molecule has 6 N–H and O–H groups in total. The van der Waals surface area contributed by atoms with Crippen LogP contribution in [-0.4, -0.2) is 63.0 Å². The van der Waals surface area contributed by atoms with Crippen LogP contribution in [0, 0.1) is 11.8 Å². The standard InChI is InChI=1S/C25H37BN6O5/c1-16(2)12-19(24(34)32-22-15-27-10-11-28-22)29-23(33)20(14-18-8-6-5-7-9-18)30-25(35)31-21(26(36)37)13-17(3)4/h5-11,15-17,19-21,36-37H,12-14H2,1-4H3,(H,29,33)(H,28,32,34)(H2,30,31,35)/t19-,20-,21-/m0/s1. The minimum absolute atomic E-state index is 0.0876. The summed E-state index contributed by atoms with van der Waals surface area (Å²) < 4.78 is 0. The van der Waals surface area contributed by atoms with Gasteiger partial charge in [-0.3, -0.25) is 14.6 Å². The molecule has 0 fully saturated rings. The van der Waals surface area contributed by atoms with Crippen molar-refractivity contribution < 1.29 is 24.4 Å².